The number of fused-ring (bicyclic) bond motifs is 2. The maximum absolute atomic E-state index is 10.6. The number of thiocarbonyl (C=S) groups is 1. The van der Waals surface area contributed by atoms with Crippen molar-refractivity contribution in [2.45, 2.75) is 38.6 Å². The highest BCUT2D eigenvalue weighted by atomic mass is 32.1. The first-order valence-corrected chi connectivity index (χ1v) is 8.25. The summed E-state index contributed by atoms with van der Waals surface area (Å²) in [7, 11) is 0. The van der Waals surface area contributed by atoms with Gasteiger partial charge in [0.1, 0.15) is 0 Å². The zero-order valence-electron chi connectivity index (χ0n) is 12.6. The highest BCUT2D eigenvalue weighted by Crippen LogP contribution is 2.49. The Hall–Kier alpha value is -1.69. The van der Waals surface area contributed by atoms with Gasteiger partial charge in [-0.2, -0.15) is 0 Å². The maximum atomic E-state index is 10.6. The fourth-order valence-electron chi connectivity index (χ4n) is 4.05. The normalized spacial score (nSPS) is 27.4. The molecule has 0 heterocycles. The molecule has 0 spiro atoms. The predicted molar refractivity (Wildman–Crippen MR) is 90.9 cm³/mol. The van der Waals surface area contributed by atoms with Gasteiger partial charge >= 0.3 is 0 Å². The van der Waals surface area contributed by atoms with Gasteiger partial charge in [-0.05, 0) is 68.3 Å². The number of anilines is 1. The lowest BCUT2D eigenvalue weighted by atomic mass is 9.84. The summed E-state index contributed by atoms with van der Waals surface area (Å²) in [5.41, 5.74) is 0.850. The van der Waals surface area contributed by atoms with Gasteiger partial charge in [-0.3, -0.25) is 10.1 Å². The lowest BCUT2D eigenvalue weighted by Gasteiger charge is -2.29. The average molecular weight is 319 g/mol. The van der Waals surface area contributed by atoms with Crippen molar-refractivity contribution in [3.05, 3.63) is 34.4 Å². The Bertz CT molecular complexity index is 575. The lowest BCUT2D eigenvalue weighted by Crippen LogP contribution is -2.42. The molecule has 2 N–H and O–H groups in total. The number of nitrogens with one attached hydrogen (secondary N) is 2. The Kier molecular flexibility index (Phi) is 4.29. The molecule has 5 nitrogen and oxygen atoms in total. The van der Waals surface area contributed by atoms with E-state index in [2.05, 4.69) is 17.6 Å². The van der Waals surface area contributed by atoms with E-state index in [1.807, 2.05) is 0 Å². The van der Waals surface area contributed by atoms with Crippen LogP contribution in [0.4, 0.5) is 11.4 Å². The Balaban J connectivity index is 1.52. The van der Waals surface area contributed by atoms with Crippen LogP contribution in [0.15, 0.2) is 24.3 Å². The molecule has 1 aromatic rings. The zero-order chi connectivity index (χ0) is 15.7. The molecular formula is C16H21N3O2S. The van der Waals surface area contributed by atoms with Gasteiger partial charge in [0.15, 0.2) is 5.11 Å². The number of nitro benzene ring substituents is 1. The van der Waals surface area contributed by atoms with Crippen molar-refractivity contribution in [3.8, 4) is 0 Å². The fourth-order valence-corrected chi connectivity index (χ4v) is 4.36. The summed E-state index contributed by atoms with van der Waals surface area (Å²) < 4.78 is 0. The molecule has 118 valence electrons. The summed E-state index contributed by atoms with van der Waals surface area (Å²) in [5, 5.41) is 17.7. The van der Waals surface area contributed by atoms with E-state index in [1.165, 1.54) is 37.8 Å². The molecule has 2 aliphatic rings. The van der Waals surface area contributed by atoms with E-state index in [1.54, 1.807) is 12.1 Å². The molecule has 0 aliphatic heterocycles. The van der Waals surface area contributed by atoms with Crippen molar-refractivity contribution in [2.24, 2.45) is 17.8 Å². The number of hydrogen-bond acceptors (Lipinski definition) is 3. The predicted octanol–water partition coefficient (Wildman–Crippen LogP) is 3.71. The number of hydrogen-bond donors (Lipinski definition) is 2. The number of nitro groups is 1. The van der Waals surface area contributed by atoms with E-state index in [0.29, 0.717) is 11.2 Å². The van der Waals surface area contributed by atoms with E-state index in [4.69, 9.17) is 12.2 Å². The van der Waals surface area contributed by atoms with E-state index < -0.39 is 4.92 Å². The molecule has 2 fully saturated rings. The van der Waals surface area contributed by atoms with Gasteiger partial charge in [-0.25, -0.2) is 0 Å². The first-order chi connectivity index (χ1) is 10.5. The Labute approximate surface area is 135 Å². The molecule has 2 saturated carbocycles. The third kappa shape index (κ3) is 3.21. The molecule has 1 aromatic carbocycles. The van der Waals surface area contributed by atoms with Crippen LogP contribution in [0.3, 0.4) is 0 Å². The maximum Gasteiger partial charge on any atom is 0.269 e. The van der Waals surface area contributed by atoms with Crippen LogP contribution in [0.5, 0.6) is 0 Å². The summed E-state index contributed by atoms with van der Waals surface area (Å²) in [6.45, 7) is 2.20. The van der Waals surface area contributed by atoms with Gasteiger partial charge in [0.05, 0.1) is 4.92 Å². The summed E-state index contributed by atoms with van der Waals surface area (Å²) in [6.07, 6.45) is 5.47. The van der Waals surface area contributed by atoms with Crippen LogP contribution < -0.4 is 10.6 Å². The highest BCUT2D eigenvalue weighted by Gasteiger charge is 2.41. The van der Waals surface area contributed by atoms with Crippen LogP contribution in [0.2, 0.25) is 0 Å². The smallest absolute Gasteiger partial charge is 0.269 e. The second kappa shape index (κ2) is 6.20. The van der Waals surface area contributed by atoms with Crippen molar-refractivity contribution in [2.75, 3.05) is 5.32 Å². The zero-order valence-corrected chi connectivity index (χ0v) is 13.4. The van der Waals surface area contributed by atoms with Gasteiger partial charge in [0, 0.05) is 23.9 Å². The van der Waals surface area contributed by atoms with Crippen molar-refractivity contribution >= 4 is 28.7 Å². The fraction of sp³-hybridized carbons (Fsp3) is 0.562. The molecule has 0 unspecified atom stereocenters. The minimum atomic E-state index is -0.405. The van der Waals surface area contributed by atoms with Crippen molar-refractivity contribution in [1.29, 1.82) is 0 Å². The molecule has 3 rings (SSSR count). The monoisotopic (exact) mass is 319 g/mol. The topological polar surface area (TPSA) is 67.2 Å². The summed E-state index contributed by atoms with van der Waals surface area (Å²) in [6, 6.07) is 6.67. The Morgan fingerprint density at radius 3 is 2.59 bits per heavy atom. The first kappa shape index (κ1) is 15.2. The second-order valence-electron chi connectivity index (χ2n) is 6.53. The van der Waals surface area contributed by atoms with Gasteiger partial charge in [0.25, 0.3) is 5.69 Å². The third-order valence-electron chi connectivity index (χ3n) is 5.13. The van der Waals surface area contributed by atoms with E-state index >= 15 is 0 Å². The standard InChI is InChI=1S/C16H21N3O2S/c1-10(15-9-11-2-3-12(15)8-11)17-16(22)18-13-4-6-14(7-5-13)19(20)21/h4-7,10-12,15H,2-3,8-9H2,1H3,(H2,17,18,22)/t10-,11-,12-,15-/m1/s1. The van der Waals surface area contributed by atoms with Crippen LogP contribution >= 0.6 is 12.2 Å². The lowest BCUT2D eigenvalue weighted by molar-refractivity contribution is -0.384. The van der Waals surface area contributed by atoms with Crippen molar-refractivity contribution in [1.82, 2.24) is 5.32 Å². The van der Waals surface area contributed by atoms with Crippen LogP contribution in [-0.4, -0.2) is 16.1 Å². The molecule has 0 radical (unpaired) electrons. The van der Waals surface area contributed by atoms with Gasteiger partial charge in [-0.15, -0.1) is 0 Å². The largest absolute Gasteiger partial charge is 0.360 e. The SMILES string of the molecule is C[C@@H](NC(=S)Nc1ccc([N+](=O)[O-])cc1)[C@H]1C[C@@H]2CC[C@@H]1C2. The molecule has 6 heteroatoms. The summed E-state index contributed by atoms with van der Waals surface area (Å²) in [5.74, 6) is 2.50. The highest BCUT2D eigenvalue weighted by molar-refractivity contribution is 7.80. The van der Waals surface area contributed by atoms with Gasteiger partial charge < -0.3 is 10.6 Å². The van der Waals surface area contributed by atoms with E-state index in [-0.39, 0.29) is 5.69 Å². The van der Waals surface area contributed by atoms with Crippen molar-refractivity contribution in [3.63, 3.8) is 0 Å². The molecule has 2 bridgehead atoms. The molecule has 0 amide bonds. The van der Waals surface area contributed by atoms with Crippen LogP contribution in [0.25, 0.3) is 0 Å². The average Bonchev–Trinajstić information content (AvgIpc) is 3.10. The molecule has 2 aliphatic carbocycles. The number of benzene rings is 1. The van der Waals surface area contributed by atoms with Crippen molar-refractivity contribution < 1.29 is 4.92 Å². The van der Waals surface area contributed by atoms with E-state index in [0.717, 1.165) is 23.4 Å². The number of nitrogens with zero attached hydrogens (tertiary/aromatic N) is 1. The van der Waals surface area contributed by atoms with Gasteiger partial charge in [0.2, 0.25) is 0 Å². The second-order valence-corrected chi connectivity index (χ2v) is 6.94. The van der Waals surface area contributed by atoms with Crippen LogP contribution in [-0.2, 0) is 0 Å². The molecular weight excluding hydrogens is 298 g/mol. The third-order valence-corrected chi connectivity index (χ3v) is 5.35. The van der Waals surface area contributed by atoms with Gasteiger partial charge in [-0.1, -0.05) is 6.42 Å². The van der Waals surface area contributed by atoms with E-state index in [9.17, 15) is 10.1 Å². The molecule has 4 atom stereocenters. The molecule has 0 aromatic heterocycles. The number of non-ortho nitro benzene ring substituents is 1. The van der Waals surface area contributed by atoms with Crippen LogP contribution in [0, 0.1) is 27.9 Å². The minimum Gasteiger partial charge on any atom is -0.360 e. The van der Waals surface area contributed by atoms with Crippen LogP contribution in [0.1, 0.15) is 32.6 Å². The summed E-state index contributed by atoms with van der Waals surface area (Å²) >= 11 is 5.36. The Morgan fingerprint density at radius 2 is 2.05 bits per heavy atom. The minimum absolute atomic E-state index is 0.0831. The quantitative estimate of drug-likeness (QED) is 0.503. The molecule has 22 heavy (non-hydrogen) atoms. The first-order valence-electron chi connectivity index (χ1n) is 7.85. The summed E-state index contributed by atoms with van der Waals surface area (Å²) in [4.78, 5) is 10.2. The number of rotatable bonds is 4. The molecule has 0 saturated heterocycles. The Morgan fingerprint density at radius 1 is 1.32 bits per heavy atom.